The maximum Gasteiger partial charge on any atom is 0.164 e. The zero-order chi connectivity index (χ0) is 14.1. The lowest BCUT2D eigenvalue weighted by Crippen LogP contribution is -2.00. The van der Waals surface area contributed by atoms with E-state index < -0.39 is 0 Å². The highest BCUT2D eigenvalue weighted by atomic mass is 19.1. The van der Waals surface area contributed by atoms with Crippen LogP contribution in [0.3, 0.4) is 0 Å². The number of fused-ring (bicyclic) bond motifs is 1. The van der Waals surface area contributed by atoms with Gasteiger partial charge in [0.05, 0.1) is 0 Å². The first-order valence-electron chi connectivity index (χ1n) is 7.10. The van der Waals surface area contributed by atoms with E-state index in [-0.39, 0.29) is 11.6 Å². The van der Waals surface area contributed by atoms with Crippen LogP contribution in [0.15, 0.2) is 30.6 Å². The Morgan fingerprint density at radius 3 is 2.80 bits per heavy atom. The third-order valence-corrected chi connectivity index (χ3v) is 4.02. The van der Waals surface area contributed by atoms with E-state index in [2.05, 4.69) is 6.20 Å². The number of hydrogen-bond donors (Lipinski definition) is 0. The Kier molecular flexibility index (Phi) is 3.43. The van der Waals surface area contributed by atoms with Gasteiger partial charge in [0.2, 0.25) is 0 Å². The van der Waals surface area contributed by atoms with Crippen LogP contribution in [-0.4, -0.2) is 10.4 Å². The summed E-state index contributed by atoms with van der Waals surface area (Å²) < 4.78 is 15.2. The standard InChI is InChI=1S/C17H18FNO/c1-12-8-15(18)7-6-13(12)9-19-10-14-4-2-3-5-17(20)16(14)11-19/h6-8,10-11H,2-5,9H2,1H3. The van der Waals surface area contributed by atoms with Crippen LogP contribution in [0.4, 0.5) is 4.39 Å². The molecule has 0 aliphatic heterocycles. The fraction of sp³-hybridized carbons (Fsp3) is 0.353. The zero-order valence-electron chi connectivity index (χ0n) is 11.7. The predicted octanol–water partition coefficient (Wildman–Crippen LogP) is 3.89. The Balaban J connectivity index is 1.88. The topological polar surface area (TPSA) is 22.0 Å². The fourth-order valence-electron chi connectivity index (χ4n) is 2.87. The van der Waals surface area contributed by atoms with Crippen LogP contribution in [0.2, 0.25) is 0 Å². The molecule has 0 spiro atoms. The molecular weight excluding hydrogens is 253 g/mol. The molecule has 0 N–H and O–H groups in total. The van der Waals surface area contributed by atoms with Gasteiger partial charge in [-0.3, -0.25) is 4.79 Å². The van der Waals surface area contributed by atoms with Crippen molar-refractivity contribution in [1.29, 1.82) is 0 Å². The molecule has 0 unspecified atom stereocenters. The summed E-state index contributed by atoms with van der Waals surface area (Å²) in [4.78, 5) is 12.0. The van der Waals surface area contributed by atoms with Crippen molar-refractivity contribution >= 4 is 5.78 Å². The molecule has 1 aliphatic rings. The fourth-order valence-corrected chi connectivity index (χ4v) is 2.87. The molecule has 1 aromatic heterocycles. The summed E-state index contributed by atoms with van der Waals surface area (Å²) in [5.41, 5.74) is 4.07. The number of hydrogen-bond acceptors (Lipinski definition) is 1. The first-order valence-corrected chi connectivity index (χ1v) is 7.10. The van der Waals surface area contributed by atoms with Crippen molar-refractivity contribution in [3.63, 3.8) is 0 Å². The Morgan fingerprint density at radius 1 is 1.20 bits per heavy atom. The van der Waals surface area contributed by atoms with Crippen LogP contribution in [0.25, 0.3) is 0 Å². The monoisotopic (exact) mass is 271 g/mol. The van der Waals surface area contributed by atoms with Gasteiger partial charge in [-0.15, -0.1) is 0 Å². The van der Waals surface area contributed by atoms with E-state index in [1.807, 2.05) is 23.8 Å². The van der Waals surface area contributed by atoms with Crippen molar-refractivity contribution in [2.75, 3.05) is 0 Å². The van der Waals surface area contributed by atoms with Gasteiger partial charge in [0.1, 0.15) is 5.82 Å². The number of nitrogens with zero attached hydrogens (tertiary/aromatic N) is 1. The van der Waals surface area contributed by atoms with Gasteiger partial charge >= 0.3 is 0 Å². The molecule has 2 aromatic rings. The second-order valence-corrected chi connectivity index (χ2v) is 5.57. The van der Waals surface area contributed by atoms with Crippen LogP contribution in [0.1, 0.15) is 46.3 Å². The van der Waals surface area contributed by atoms with Crippen molar-refractivity contribution in [2.45, 2.75) is 39.2 Å². The molecule has 0 bridgehead atoms. The van der Waals surface area contributed by atoms with E-state index in [4.69, 9.17) is 0 Å². The minimum absolute atomic E-state index is 0.204. The van der Waals surface area contributed by atoms with Gasteiger partial charge in [0.25, 0.3) is 0 Å². The van der Waals surface area contributed by atoms with E-state index >= 15 is 0 Å². The maximum absolute atomic E-state index is 13.1. The quantitative estimate of drug-likeness (QED) is 0.759. The number of rotatable bonds is 2. The van der Waals surface area contributed by atoms with E-state index in [9.17, 15) is 9.18 Å². The largest absolute Gasteiger partial charge is 0.349 e. The summed E-state index contributed by atoms with van der Waals surface area (Å²) in [5.74, 6) is 0.0526. The molecule has 2 nitrogen and oxygen atoms in total. The number of carbonyl (C=O) groups is 1. The molecular formula is C17H18FNO. The highest BCUT2D eigenvalue weighted by Gasteiger charge is 2.17. The Labute approximate surface area is 118 Å². The van der Waals surface area contributed by atoms with Gasteiger partial charge in [0.15, 0.2) is 5.78 Å². The highest BCUT2D eigenvalue weighted by molar-refractivity contribution is 5.97. The molecule has 0 saturated carbocycles. The van der Waals surface area contributed by atoms with Crippen LogP contribution in [0.5, 0.6) is 0 Å². The molecule has 1 aromatic carbocycles. The Morgan fingerprint density at radius 2 is 2.00 bits per heavy atom. The second kappa shape index (κ2) is 5.23. The van der Waals surface area contributed by atoms with Gasteiger partial charge in [0, 0.05) is 30.9 Å². The molecule has 20 heavy (non-hydrogen) atoms. The van der Waals surface area contributed by atoms with Gasteiger partial charge < -0.3 is 4.57 Å². The Bertz CT molecular complexity index is 657. The summed E-state index contributed by atoms with van der Waals surface area (Å²) in [6.07, 6.45) is 7.74. The van der Waals surface area contributed by atoms with E-state index in [1.54, 1.807) is 6.07 Å². The molecule has 1 aliphatic carbocycles. The van der Waals surface area contributed by atoms with Crippen molar-refractivity contribution in [3.8, 4) is 0 Å². The number of benzene rings is 1. The van der Waals surface area contributed by atoms with Gasteiger partial charge in [-0.05, 0) is 55.0 Å². The molecule has 3 heteroatoms. The molecule has 3 rings (SSSR count). The number of ketones is 1. The summed E-state index contributed by atoms with van der Waals surface area (Å²) >= 11 is 0. The molecule has 104 valence electrons. The smallest absolute Gasteiger partial charge is 0.164 e. The number of aromatic nitrogens is 1. The first kappa shape index (κ1) is 13.1. The number of carbonyl (C=O) groups excluding carboxylic acids is 1. The highest BCUT2D eigenvalue weighted by Crippen LogP contribution is 2.22. The predicted molar refractivity (Wildman–Crippen MR) is 76.6 cm³/mol. The summed E-state index contributed by atoms with van der Waals surface area (Å²) in [6, 6.07) is 4.86. The van der Waals surface area contributed by atoms with E-state index in [0.29, 0.717) is 13.0 Å². The maximum atomic E-state index is 13.1. The summed E-state index contributed by atoms with van der Waals surface area (Å²) in [7, 11) is 0. The molecule has 0 fully saturated rings. The van der Waals surface area contributed by atoms with Crippen molar-refractivity contribution < 1.29 is 9.18 Å². The lowest BCUT2D eigenvalue weighted by atomic mass is 10.1. The zero-order valence-corrected chi connectivity index (χ0v) is 11.7. The van der Waals surface area contributed by atoms with Gasteiger partial charge in [-0.2, -0.15) is 0 Å². The normalized spacial score (nSPS) is 15.0. The van der Waals surface area contributed by atoms with E-state index in [0.717, 1.165) is 41.5 Å². The lowest BCUT2D eigenvalue weighted by Gasteiger charge is -2.07. The van der Waals surface area contributed by atoms with Crippen LogP contribution >= 0.6 is 0 Å². The van der Waals surface area contributed by atoms with Crippen molar-refractivity contribution in [3.05, 3.63) is 58.7 Å². The third-order valence-electron chi connectivity index (χ3n) is 4.02. The minimum atomic E-state index is -0.204. The van der Waals surface area contributed by atoms with Crippen molar-refractivity contribution in [2.24, 2.45) is 0 Å². The summed E-state index contributed by atoms with van der Waals surface area (Å²) in [5, 5.41) is 0. The average molecular weight is 271 g/mol. The molecule has 0 saturated heterocycles. The van der Waals surface area contributed by atoms with Crippen molar-refractivity contribution in [1.82, 2.24) is 4.57 Å². The third kappa shape index (κ3) is 2.53. The first-order chi connectivity index (χ1) is 9.63. The average Bonchev–Trinajstić information content (AvgIpc) is 2.73. The molecule has 0 radical (unpaired) electrons. The Hall–Kier alpha value is -1.90. The van der Waals surface area contributed by atoms with E-state index in [1.165, 1.54) is 6.07 Å². The SMILES string of the molecule is Cc1cc(F)ccc1Cn1cc2c(c1)C(=O)CCCC2. The van der Waals surface area contributed by atoms with Crippen LogP contribution < -0.4 is 0 Å². The molecule has 0 amide bonds. The van der Waals surface area contributed by atoms with Crippen LogP contribution in [0, 0.1) is 12.7 Å². The second-order valence-electron chi connectivity index (χ2n) is 5.57. The minimum Gasteiger partial charge on any atom is -0.349 e. The number of aryl methyl sites for hydroxylation is 2. The lowest BCUT2D eigenvalue weighted by molar-refractivity contribution is 0.0982. The van der Waals surface area contributed by atoms with Gasteiger partial charge in [-0.1, -0.05) is 6.07 Å². The summed E-state index contributed by atoms with van der Waals surface area (Å²) in [6.45, 7) is 2.60. The van der Waals surface area contributed by atoms with Gasteiger partial charge in [-0.25, -0.2) is 4.39 Å². The number of halogens is 1. The molecule has 1 heterocycles. The molecule has 0 atom stereocenters. The number of Topliss-reactive ketones (excluding diaryl/α,β-unsaturated/α-hetero) is 1. The van der Waals surface area contributed by atoms with Crippen LogP contribution in [-0.2, 0) is 13.0 Å².